The Morgan fingerprint density at radius 1 is 1.42 bits per heavy atom. The number of carbonyl (C=O) groups is 1. The number of halogens is 1. The van der Waals surface area contributed by atoms with E-state index in [-0.39, 0.29) is 16.6 Å². The molecule has 2 heterocycles. The molecule has 2 rings (SSSR count). The Morgan fingerprint density at radius 3 is 2.84 bits per heavy atom. The first kappa shape index (κ1) is 13.3. The van der Waals surface area contributed by atoms with E-state index >= 15 is 0 Å². The fourth-order valence-corrected chi connectivity index (χ4v) is 1.79. The number of carboxylic acids is 1. The summed E-state index contributed by atoms with van der Waals surface area (Å²) in [6.07, 6.45) is 3.02. The fourth-order valence-electron chi connectivity index (χ4n) is 1.61. The molecule has 19 heavy (non-hydrogen) atoms. The van der Waals surface area contributed by atoms with Gasteiger partial charge in [-0.15, -0.1) is 0 Å². The monoisotopic (exact) mass is 277 g/mol. The second kappa shape index (κ2) is 5.67. The van der Waals surface area contributed by atoms with Crippen molar-refractivity contribution < 1.29 is 9.90 Å². The van der Waals surface area contributed by atoms with Crippen molar-refractivity contribution in [1.29, 1.82) is 0 Å². The minimum atomic E-state index is -1.08. The van der Waals surface area contributed by atoms with E-state index < -0.39 is 5.97 Å². The maximum absolute atomic E-state index is 11.0. The summed E-state index contributed by atoms with van der Waals surface area (Å²) < 4.78 is 0. The van der Waals surface area contributed by atoms with E-state index in [2.05, 4.69) is 15.3 Å². The molecular weight excluding hydrogens is 266 g/mol. The molecule has 2 N–H and O–H groups in total. The molecule has 98 valence electrons. The van der Waals surface area contributed by atoms with Gasteiger partial charge in [0.25, 0.3) is 0 Å². The summed E-state index contributed by atoms with van der Waals surface area (Å²) in [6, 6.07) is 6.92. The summed E-state index contributed by atoms with van der Waals surface area (Å²) in [4.78, 5) is 19.2. The van der Waals surface area contributed by atoms with Crippen molar-refractivity contribution >= 4 is 23.4 Å². The normalized spacial score (nSPS) is 11.9. The number of aromatic nitrogens is 2. The van der Waals surface area contributed by atoms with Crippen molar-refractivity contribution in [3.8, 4) is 0 Å². The summed E-state index contributed by atoms with van der Waals surface area (Å²) in [5.74, 6) is -0.638. The summed E-state index contributed by atoms with van der Waals surface area (Å²) in [5, 5.41) is 12.2. The van der Waals surface area contributed by atoms with E-state index in [9.17, 15) is 4.79 Å². The van der Waals surface area contributed by atoms with Crippen molar-refractivity contribution in [2.45, 2.75) is 13.0 Å². The van der Waals surface area contributed by atoms with Crippen LogP contribution in [0.2, 0.25) is 5.02 Å². The van der Waals surface area contributed by atoms with Crippen LogP contribution in [0.15, 0.2) is 36.7 Å². The molecule has 0 saturated heterocycles. The second-order valence-electron chi connectivity index (χ2n) is 3.98. The van der Waals surface area contributed by atoms with Crippen molar-refractivity contribution in [2.75, 3.05) is 5.32 Å². The number of hydrogen-bond acceptors (Lipinski definition) is 4. The molecule has 2 aromatic heterocycles. The third-order valence-electron chi connectivity index (χ3n) is 2.58. The van der Waals surface area contributed by atoms with Gasteiger partial charge in [0.2, 0.25) is 0 Å². The molecule has 0 saturated carbocycles. The Balaban J connectivity index is 2.20. The van der Waals surface area contributed by atoms with Gasteiger partial charge >= 0.3 is 5.97 Å². The van der Waals surface area contributed by atoms with Crippen LogP contribution in [0.1, 0.15) is 29.0 Å². The highest BCUT2D eigenvalue weighted by Crippen LogP contribution is 2.21. The highest BCUT2D eigenvalue weighted by molar-refractivity contribution is 6.33. The molecule has 0 aliphatic heterocycles. The molecule has 0 aromatic carbocycles. The number of aromatic carboxylic acids is 1. The number of carboxylic acid groups (broad SMARTS) is 1. The summed E-state index contributed by atoms with van der Waals surface area (Å²) >= 11 is 5.76. The molecule has 0 aliphatic carbocycles. The number of nitrogens with zero attached hydrogens (tertiary/aromatic N) is 2. The predicted octanol–water partition coefficient (Wildman–Crippen LogP) is 3.00. The van der Waals surface area contributed by atoms with E-state index in [0.29, 0.717) is 5.82 Å². The van der Waals surface area contributed by atoms with Gasteiger partial charge in [-0.05, 0) is 25.1 Å². The average molecular weight is 278 g/mol. The van der Waals surface area contributed by atoms with Crippen LogP contribution in [0, 0.1) is 0 Å². The zero-order valence-corrected chi connectivity index (χ0v) is 10.9. The van der Waals surface area contributed by atoms with Gasteiger partial charge in [-0.25, -0.2) is 9.78 Å². The average Bonchev–Trinajstić information content (AvgIpc) is 2.41. The lowest BCUT2D eigenvalue weighted by atomic mass is 10.2. The van der Waals surface area contributed by atoms with E-state index in [1.807, 2.05) is 25.1 Å². The zero-order chi connectivity index (χ0) is 13.8. The van der Waals surface area contributed by atoms with Crippen LogP contribution in [-0.2, 0) is 0 Å². The Kier molecular flexibility index (Phi) is 3.97. The smallest absolute Gasteiger partial charge is 0.337 e. The minimum Gasteiger partial charge on any atom is -0.478 e. The van der Waals surface area contributed by atoms with Crippen LogP contribution in [0.4, 0.5) is 5.82 Å². The Morgan fingerprint density at radius 2 is 2.21 bits per heavy atom. The molecule has 0 aliphatic rings. The molecule has 0 radical (unpaired) electrons. The molecule has 1 atom stereocenters. The van der Waals surface area contributed by atoms with Gasteiger partial charge in [-0.3, -0.25) is 4.98 Å². The standard InChI is InChI=1S/C13H12ClN3O2/c1-8(11-4-2-3-5-15-11)17-12-6-9(13(18)19)10(14)7-16-12/h2-8H,1H3,(H,16,17)(H,18,19). The lowest BCUT2D eigenvalue weighted by molar-refractivity contribution is 0.0697. The Bertz CT molecular complexity index is 590. The van der Waals surface area contributed by atoms with Gasteiger partial charge in [0.1, 0.15) is 5.82 Å². The molecular formula is C13H12ClN3O2. The van der Waals surface area contributed by atoms with Gasteiger partial charge in [0.15, 0.2) is 0 Å². The number of nitrogens with one attached hydrogen (secondary N) is 1. The first-order chi connectivity index (χ1) is 9.08. The summed E-state index contributed by atoms with van der Waals surface area (Å²) in [7, 11) is 0. The topological polar surface area (TPSA) is 75.1 Å². The highest BCUT2D eigenvalue weighted by Gasteiger charge is 2.12. The second-order valence-corrected chi connectivity index (χ2v) is 4.38. The SMILES string of the molecule is CC(Nc1cc(C(=O)O)c(Cl)cn1)c1ccccn1. The van der Waals surface area contributed by atoms with Crippen molar-refractivity contribution in [1.82, 2.24) is 9.97 Å². The molecule has 0 spiro atoms. The molecule has 0 amide bonds. The first-order valence-corrected chi connectivity index (χ1v) is 6.02. The van der Waals surface area contributed by atoms with Crippen LogP contribution in [0.3, 0.4) is 0 Å². The van der Waals surface area contributed by atoms with Crippen molar-refractivity contribution in [3.63, 3.8) is 0 Å². The van der Waals surface area contributed by atoms with Crippen LogP contribution >= 0.6 is 11.6 Å². The van der Waals surface area contributed by atoms with E-state index in [1.165, 1.54) is 12.3 Å². The van der Waals surface area contributed by atoms with Crippen molar-refractivity contribution in [2.24, 2.45) is 0 Å². The maximum Gasteiger partial charge on any atom is 0.337 e. The number of rotatable bonds is 4. The molecule has 0 fully saturated rings. The number of pyridine rings is 2. The zero-order valence-electron chi connectivity index (χ0n) is 10.2. The molecule has 0 bridgehead atoms. The van der Waals surface area contributed by atoms with Gasteiger partial charge in [0.05, 0.1) is 22.3 Å². The van der Waals surface area contributed by atoms with Crippen LogP contribution in [0.5, 0.6) is 0 Å². The van der Waals surface area contributed by atoms with Crippen LogP contribution < -0.4 is 5.32 Å². The number of hydrogen-bond donors (Lipinski definition) is 2. The maximum atomic E-state index is 11.0. The van der Waals surface area contributed by atoms with E-state index in [1.54, 1.807) is 6.20 Å². The summed E-state index contributed by atoms with van der Waals surface area (Å²) in [6.45, 7) is 1.92. The third kappa shape index (κ3) is 3.20. The predicted molar refractivity (Wildman–Crippen MR) is 72.5 cm³/mol. The molecule has 1 unspecified atom stereocenters. The van der Waals surface area contributed by atoms with Crippen LogP contribution in [-0.4, -0.2) is 21.0 Å². The van der Waals surface area contributed by atoms with Gasteiger partial charge in [0, 0.05) is 12.4 Å². The minimum absolute atomic E-state index is 0.0207. The lowest BCUT2D eigenvalue weighted by Gasteiger charge is -2.14. The Labute approximate surface area is 115 Å². The summed E-state index contributed by atoms with van der Waals surface area (Å²) in [5.41, 5.74) is 0.864. The van der Waals surface area contributed by atoms with E-state index in [4.69, 9.17) is 16.7 Å². The molecule has 5 nitrogen and oxygen atoms in total. The Hall–Kier alpha value is -2.14. The largest absolute Gasteiger partial charge is 0.478 e. The van der Waals surface area contributed by atoms with Gasteiger partial charge in [-0.2, -0.15) is 0 Å². The number of anilines is 1. The van der Waals surface area contributed by atoms with Crippen molar-refractivity contribution in [3.05, 3.63) is 52.9 Å². The quantitative estimate of drug-likeness (QED) is 0.898. The molecule has 6 heteroatoms. The van der Waals surface area contributed by atoms with E-state index in [0.717, 1.165) is 5.69 Å². The highest BCUT2D eigenvalue weighted by atomic mass is 35.5. The molecule has 2 aromatic rings. The van der Waals surface area contributed by atoms with Gasteiger partial charge < -0.3 is 10.4 Å². The fraction of sp³-hybridized carbons (Fsp3) is 0.154. The third-order valence-corrected chi connectivity index (χ3v) is 2.88. The van der Waals surface area contributed by atoms with Crippen LogP contribution in [0.25, 0.3) is 0 Å². The van der Waals surface area contributed by atoms with Gasteiger partial charge in [-0.1, -0.05) is 17.7 Å². The first-order valence-electron chi connectivity index (χ1n) is 5.64. The lowest BCUT2D eigenvalue weighted by Crippen LogP contribution is -2.10.